The van der Waals surface area contributed by atoms with E-state index in [1.54, 1.807) is 12.3 Å². The molecule has 1 aromatic heterocycles. The zero-order valence-electron chi connectivity index (χ0n) is 12.0. The molecular formula is C14H22ClN3O. The lowest BCUT2D eigenvalue weighted by atomic mass is 10.0. The third-order valence-electron chi connectivity index (χ3n) is 3.30. The van der Waals surface area contributed by atoms with Crippen LogP contribution in [-0.4, -0.2) is 23.5 Å². The molecule has 0 saturated carbocycles. The lowest BCUT2D eigenvalue weighted by Crippen LogP contribution is -2.36. The van der Waals surface area contributed by atoms with E-state index < -0.39 is 0 Å². The van der Waals surface area contributed by atoms with Gasteiger partial charge in [-0.05, 0) is 25.8 Å². The third kappa shape index (κ3) is 4.39. The summed E-state index contributed by atoms with van der Waals surface area (Å²) in [6.45, 7) is 8.94. The van der Waals surface area contributed by atoms with Gasteiger partial charge in [0.2, 0.25) is 0 Å². The number of nitrogens with zero attached hydrogens (tertiary/aromatic N) is 1. The van der Waals surface area contributed by atoms with Crippen molar-refractivity contribution in [2.45, 2.75) is 40.2 Å². The SMILES string of the molecule is CCNc1ncc(C(=O)NC(C)C(C)CC)cc1Cl. The average Bonchev–Trinajstić information content (AvgIpc) is 2.40. The number of rotatable bonds is 6. The van der Waals surface area contributed by atoms with Gasteiger partial charge in [-0.15, -0.1) is 0 Å². The molecule has 1 amide bonds. The van der Waals surface area contributed by atoms with Gasteiger partial charge >= 0.3 is 0 Å². The number of hydrogen-bond donors (Lipinski definition) is 2. The second kappa shape index (κ2) is 7.34. The number of carbonyl (C=O) groups is 1. The van der Waals surface area contributed by atoms with Crippen molar-refractivity contribution >= 4 is 23.3 Å². The van der Waals surface area contributed by atoms with Crippen molar-refractivity contribution in [2.75, 3.05) is 11.9 Å². The molecule has 0 bridgehead atoms. The Labute approximate surface area is 120 Å². The summed E-state index contributed by atoms with van der Waals surface area (Å²) in [4.78, 5) is 16.2. The largest absolute Gasteiger partial charge is 0.369 e. The van der Waals surface area contributed by atoms with Crippen LogP contribution < -0.4 is 10.6 Å². The number of nitrogens with one attached hydrogen (secondary N) is 2. The predicted molar refractivity (Wildman–Crippen MR) is 79.8 cm³/mol. The van der Waals surface area contributed by atoms with Crippen molar-refractivity contribution in [1.82, 2.24) is 10.3 Å². The van der Waals surface area contributed by atoms with Crippen molar-refractivity contribution in [2.24, 2.45) is 5.92 Å². The molecule has 1 heterocycles. The van der Waals surface area contributed by atoms with E-state index in [4.69, 9.17) is 11.6 Å². The summed E-state index contributed by atoms with van der Waals surface area (Å²) in [5, 5.41) is 6.47. The van der Waals surface area contributed by atoms with Crippen LogP contribution in [0.2, 0.25) is 5.02 Å². The lowest BCUT2D eigenvalue weighted by molar-refractivity contribution is 0.0928. The van der Waals surface area contributed by atoms with E-state index in [-0.39, 0.29) is 11.9 Å². The van der Waals surface area contributed by atoms with Gasteiger partial charge in [-0.1, -0.05) is 31.9 Å². The number of aromatic nitrogens is 1. The zero-order valence-corrected chi connectivity index (χ0v) is 12.7. The summed E-state index contributed by atoms with van der Waals surface area (Å²) in [6, 6.07) is 1.77. The van der Waals surface area contributed by atoms with E-state index in [1.807, 2.05) is 13.8 Å². The number of carbonyl (C=O) groups excluding carboxylic acids is 1. The van der Waals surface area contributed by atoms with E-state index in [0.717, 1.165) is 13.0 Å². The number of hydrogen-bond acceptors (Lipinski definition) is 3. The van der Waals surface area contributed by atoms with Gasteiger partial charge in [0.05, 0.1) is 10.6 Å². The Bertz CT molecular complexity index is 437. The molecule has 1 rings (SSSR count). The second-order valence-electron chi connectivity index (χ2n) is 4.73. The average molecular weight is 284 g/mol. The first-order valence-corrected chi connectivity index (χ1v) is 7.07. The minimum absolute atomic E-state index is 0.129. The van der Waals surface area contributed by atoms with Gasteiger partial charge in [-0.3, -0.25) is 4.79 Å². The summed E-state index contributed by atoms with van der Waals surface area (Å²) >= 11 is 6.07. The van der Waals surface area contributed by atoms with Crippen LogP contribution >= 0.6 is 11.6 Å². The van der Waals surface area contributed by atoms with E-state index >= 15 is 0 Å². The molecule has 2 atom stereocenters. The highest BCUT2D eigenvalue weighted by Crippen LogP contribution is 2.20. The van der Waals surface area contributed by atoms with Gasteiger partial charge in [0.25, 0.3) is 5.91 Å². The van der Waals surface area contributed by atoms with Crippen molar-refractivity contribution in [1.29, 1.82) is 0 Å². The third-order valence-corrected chi connectivity index (χ3v) is 3.59. The molecule has 106 valence electrons. The van der Waals surface area contributed by atoms with Gasteiger partial charge < -0.3 is 10.6 Å². The van der Waals surface area contributed by atoms with Crippen molar-refractivity contribution in [3.8, 4) is 0 Å². The first-order valence-electron chi connectivity index (χ1n) is 6.69. The molecular weight excluding hydrogens is 262 g/mol. The number of amides is 1. The van der Waals surface area contributed by atoms with Gasteiger partial charge in [0, 0.05) is 18.8 Å². The van der Waals surface area contributed by atoms with Gasteiger partial charge in [-0.2, -0.15) is 0 Å². The zero-order chi connectivity index (χ0) is 14.4. The monoisotopic (exact) mass is 283 g/mol. The Morgan fingerprint density at radius 2 is 2.11 bits per heavy atom. The van der Waals surface area contributed by atoms with Crippen LogP contribution in [-0.2, 0) is 0 Å². The van der Waals surface area contributed by atoms with Crippen LogP contribution in [0.25, 0.3) is 0 Å². The van der Waals surface area contributed by atoms with Crippen LogP contribution in [0.4, 0.5) is 5.82 Å². The molecule has 0 spiro atoms. The summed E-state index contributed by atoms with van der Waals surface area (Å²) in [5.74, 6) is 0.911. The first-order chi connectivity index (χ1) is 8.99. The fourth-order valence-electron chi connectivity index (χ4n) is 1.65. The van der Waals surface area contributed by atoms with E-state index in [1.165, 1.54) is 0 Å². The van der Waals surface area contributed by atoms with E-state index in [9.17, 15) is 4.79 Å². The van der Waals surface area contributed by atoms with Crippen LogP contribution in [0.5, 0.6) is 0 Å². The number of halogens is 1. The topological polar surface area (TPSA) is 54.0 Å². The smallest absolute Gasteiger partial charge is 0.253 e. The Balaban J connectivity index is 2.75. The Hall–Kier alpha value is -1.29. The van der Waals surface area contributed by atoms with Crippen molar-refractivity contribution in [3.63, 3.8) is 0 Å². The highest BCUT2D eigenvalue weighted by Gasteiger charge is 2.15. The fourth-order valence-corrected chi connectivity index (χ4v) is 1.88. The molecule has 1 aromatic rings. The van der Waals surface area contributed by atoms with Crippen LogP contribution in [0, 0.1) is 5.92 Å². The number of pyridine rings is 1. The molecule has 2 unspecified atom stereocenters. The first kappa shape index (κ1) is 15.8. The molecule has 0 aliphatic carbocycles. The Morgan fingerprint density at radius 3 is 2.63 bits per heavy atom. The van der Waals surface area contributed by atoms with Crippen molar-refractivity contribution < 1.29 is 4.79 Å². The van der Waals surface area contributed by atoms with E-state index in [0.29, 0.717) is 22.3 Å². The quantitative estimate of drug-likeness (QED) is 0.842. The molecule has 0 aliphatic heterocycles. The van der Waals surface area contributed by atoms with Crippen molar-refractivity contribution in [3.05, 3.63) is 22.8 Å². The summed E-state index contributed by atoms with van der Waals surface area (Å²) < 4.78 is 0. The molecule has 0 saturated heterocycles. The van der Waals surface area contributed by atoms with Gasteiger partial charge in [0.15, 0.2) is 0 Å². The maximum Gasteiger partial charge on any atom is 0.253 e. The lowest BCUT2D eigenvalue weighted by Gasteiger charge is -2.19. The van der Waals surface area contributed by atoms with E-state index in [2.05, 4.69) is 29.5 Å². The summed E-state index contributed by atoms with van der Waals surface area (Å²) in [7, 11) is 0. The van der Waals surface area contributed by atoms with Crippen LogP contribution in [0.3, 0.4) is 0 Å². The molecule has 0 aliphatic rings. The maximum atomic E-state index is 12.1. The highest BCUT2D eigenvalue weighted by atomic mass is 35.5. The molecule has 19 heavy (non-hydrogen) atoms. The highest BCUT2D eigenvalue weighted by molar-refractivity contribution is 6.33. The Kier molecular flexibility index (Phi) is 6.09. The molecule has 5 heteroatoms. The molecule has 2 N–H and O–H groups in total. The predicted octanol–water partition coefficient (Wildman–Crippen LogP) is 3.33. The van der Waals surface area contributed by atoms with Crippen LogP contribution in [0.1, 0.15) is 44.5 Å². The second-order valence-corrected chi connectivity index (χ2v) is 5.14. The van der Waals surface area contributed by atoms with Gasteiger partial charge in [-0.25, -0.2) is 4.98 Å². The van der Waals surface area contributed by atoms with Crippen LogP contribution in [0.15, 0.2) is 12.3 Å². The molecule has 0 radical (unpaired) electrons. The normalized spacial score (nSPS) is 13.7. The molecule has 0 fully saturated rings. The molecule has 4 nitrogen and oxygen atoms in total. The Morgan fingerprint density at radius 1 is 1.42 bits per heavy atom. The number of anilines is 1. The molecule has 0 aromatic carbocycles. The standard InChI is InChI=1S/C14H22ClN3O/c1-5-9(3)10(4)18-14(19)11-7-12(15)13(16-6-2)17-8-11/h7-10H,5-6H2,1-4H3,(H,16,17)(H,18,19). The minimum Gasteiger partial charge on any atom is -0.369 e. The fraction of sp³-hybridized carbons (Fsp3) is 0.571. The summed E-state index contributed by atoms with van der Waals surface area (Å²) in [5.41, 5.74) is 0.488. The minimum atomic E-state index is -0.134. The van der Waals surface area contributed by atoms with Gasteiger partial charge in [0.1, 0.15) is 5.82 Å². The summed E-state index contributed by atoms with van der Waals surface area (Å²) in [6.07, 6.45) is 2.57. The maximum absolute atomic E-state index is 12.1.